The van der Waals surface area contributed by atoms with Crippen LogP contribution in [0.3, 0.4) is 0 Å². The minimum atomic E-state index is -4.54. The summed E-state index contributed by atoms with van der Waals surface area (Å²) < 4.78 is 38.4. The van der Waals surface area contributed by atoms with Crippen LogP contribution in [-0.4, -0.2) is 25.8 Å². The van der Waals surface area contributed by atoms with Gasteiger partial charge in [0.2, 0.25) is 0 Å². The molecule has 0 saturated carbocycles. The first-order valence-electron chi connectivity index (χ1n) is 4.60. The topological polar surface area (TPSA) is 68.0 Å². The molecule has 0 amide bonds. The average Bonchev–Trinajstić information content (AvgIpc) is 2.81. The third-order valence-electron chi connectivity index (χ3n) is 2.11. The van der Waals surface area contributed by atoms with Crippen LogP contribution >= 0.6 is 11.3 Å². The Morgan fingerprint density at radius 1 is 1.50 bits per heavy atom. The first-order chi connectivity index (χ1) is 8.29. The summed E-state index contributed by atoms with van der Waals surface area (Å²) in [5.74, 6) is -1.17. The maximum Gasteiger partial charge on any atom is 0.435 e. The Balaban J connectivity index is 2.44. The molecule has 0 aliphatic rings. The maximum absolute atomic E-state index is 12.4. The molecule has 18 heavy (non-hydrogen) atoms. The van der Waals surface area contributed by atoms with Gasteiger partial charge in [-0.2, -0.15) is 18.3 Å². The molecule has 2 rings (SSSR count). The molecule has 0 aliphatic carbocycles. The molecule has 0 radical (unpaired) electrons. The molecule has 2 aromatic rings. The number of halogens is 3. The highest BCUT2D eigenvalue weighted by atomic mass is 32.1. The third kappa shape index (κ3) is 2.21. The fourth-order valence-corrected chi connectivity index (χ4v) is 2.10. The SMILES string of the molecule is Cn1nc(C(F)(F)F)cc1-c1ncc(C(=O)O)s1. The third-order valence-corrected chi connectivity index (χ3v) is 3.11. The number of aryl methyl sites for hydroxylation is 1. The van der Waals surface area contributed by atoms with Crippen LogP contribution in [0.25, 0.3) is 10.7 Å². The second-order valence-electron chi connectivity index (χ2n) is 3.37. The van der Waals surface area contributed by atoms with Gasteiger partial charge in [0.1, 0.15) is 9.88 Å². The summed E-state index contributed by atoms with van der Waals surface area (Å²) in [5, 5.41) is 12.2. The van der Waals surface area contributed by atoms with Crippen molar-refractivity contribution in [2.75, 3.05) is 0 Å². The van der Waals surface area contributed by atoms with E-state index in [-0.39, 0.29) is 15.6 Å². The van der Waals surface area contributed by atoms with E-state index < -0.39 is 17.8 Å². The molecule has 9 heteroatoms. The predicted octanol–water partition coefficient (Wildman–Crippen LogP) is 2.26. The van der Waals surface area contributed by atoms with Gasteiger partial charge in [-0.05, 0) is 6.07 Å². The number of alkyl halides is 3. The summed E-state index contributed by atoms with van der Waals surface area (Å²) in [6, 6.07) is 0.838. The Hall–Kier alpha value is -1.90. The van der Waals surface area contributed by atoms with Gasteiger partial charge in [-0.1, -0.05) is 0 Å². The number of carboxylic acids is 1. The van der Waals surface area contributed by atoms with Gasteiger partial charge in [-0.3, -0.25) is 4.68 Å². The first-order valence-corrected chi connectivity index (χ1v) is 5.41. The standard InChI is InChI=1S/C9H6F3N3O2S/c1-15-4(2-6(14-15)9(10,11)12)7-13-3-5(18-7)8(16)17/h2-3H,1H3,(H,16,17). The van der Waals surface area contributed by atoms with Crippen LogP contribution in [0.1, 0.15) is 15.4 Å². The van der Waals surface area contributed by atoms with Crippen molar-refractivity contribution < 1.29 is 23.1 Å². The van der Waals surface area contributed by atoms with Crippen LogP contribution < -0.4 is 0 Å². The van der Waals surface area contributed by atoms with Crippen molar-refractivity contribution >= 4 is 17.3 Å². The van der Waals surface area contributed by atoms with E-state index in [1.807, 2.05) is 0 Å². The fourth-order valence-electron chi connectivity index (χ4n) is 1.30. The number of carbonyl (C=O) groups is 1. The molecule has 0 bridgehead atoms. The highest BCUT2D eigenvalue weighted by molar-refractivity contribution is 7.16. The summed E-state index contributed by atoms with van der Waals surface area (Å²) in [5.41, 5.74) is -0.910. The lowest BCUT2D eigenvalue weighted by atomic mass is 10.3. The minimum absolute atomic E-state index is 0.0419. The Morgan fingerprint density at radius 2 is 2.17 bits per heavy atom. The molecule has 0 spiro atoms. The second-order valence-corrected chi connectivity index (χ2v) is 4.40. The van der Waals surface area contributed by atoms with Crippen molar-refractivity contribution in [1.82, 2.24) is 14.8 Å². The number of carboxylic acid groups (broad SMARTS) is 1. The van der Waals surface area contributed by atoms with E-state index in [1.165, 1.54) is 7.05 Å². The van der Waals surface area contributed by atoms with E-state index >= 15 is 0 Å². The summed E-state index contributed by atoms with van der Waals surface area (Å²) >= 11 is 0.793. The molecule has 2 heterocycles. The maximum atomic E-state index is 12.4. The molecule has 5 nitrogen and oxygen atoms in total. The lowest BCUT2D eigenvalue weighted by molar-refractivity contribution is -0.141. The zero-order valence-electron chi connectivity index (χ0n) is 8.89. The highest BCUT2D eigenvalue weighted by Gasteiger charge is 2.35. The molecule has 0 aliphatic heterocycles. The second kappa shape index (κ2) is 4.09. The van der Waals surface area contributed by atoms with E-state index in [0.29, 0.717) is 0 Å². The van der Waals surface area contributed by atoms with Crippen LogP contribution in [0.2, 0.25) is 0 Å². The van der Waals surface area contributed by atoms with Gasteiger partial charge in [0.25, 0.3) is 0 Å². The molecular weight excluding hydrogens is 271 g/mol. The van der Waals surface area contributed by atoms with Crippen molar-refractivity contribution in [2.24, 2.45) is 7.05 Å². The molecule has 0 atom stereocenters. The monoisotopic (exact) mass is 277 g/mol. The molecule has 0 fully saturated rings. The quantitative estimate of drug-likeness (QED) is 0.914. The average molecular weight is 277 g/mol. The van der Waals surface area contributed by atoms with E-state index in [2.05, 4.69) is 10.1 Å². The van der Waals surface area contributed by atoms with Crippen molar-refractivity contribution in [3.8, 4) is 10.7 Å². The molecule has 1 N–H and O–H groups in total. The van der Waals surface area contributed by atoms with Crippen LogP contribution in [0.4, 0.5) is 13.2 Å². The Bertz CT molecular complexity index is 602. The van der Waals surface area contributed by atoms with Gasteiger partial charge in [-0.15, -0.1) is 11.3 Å². The number of aromatic nitrogens is 3. The lowest BCUT2D eigenvalue weighted by Gasteiger charge is -1.98. The molecule has 0 unspecified atom stereocenters. The highest BCUT2D eigenvalue weighted by Crippen LogP contribution is 2.32. The number of hydrogen-bond acceptors (Lipinski definition) is 4. The summed E-state index contributed by atoms with van der Waals surface area (Å²) in [6.45, 7) is 0. The molecule has 96 valence electrons. The largest absolute Gasteiger partial charge is 0.477 e. The van der Waals surface area contributed by atoms with Crippen molar-refractivity contribution in [3.05, 3.63) is 22.8 Å². The smallest absolute Gasteiger partial charge is 0.435 e. The van der Waals surface area contributed by atoms with Crippen LogP contribution in [-0.2, 0) is 13.2 Å². The van der Waals surface area contributed by atoms with Crippen LogP contribution in [0.15, 0.2) is 12.3 Å². The van der Waals surface area contributed by atoms with Gasteiger partial charge in [0.15, 0.2) is 5.69 Å². The summed E-state index contributed by atoms with van der Waals surface area (Å²) in [7, 11) is 1.34. The normalized spacial score (nSPS) is 11.8. The first kappa shape index (κ1) is 12.6. The van der Waals surface area contributed by atoms with Gasteiger partial charge in [-0.25, -0.2) is 9.78 Å². The fraction of sp³-hybridized carbons (Fsp3) is 0.222. The van der Waals surface area contributed by atoms with Crippen molar-refractivity contribution in [1.29, 1.82) is 0 Å². The molecule has 0 saturated heterocycles. The van der Waals surface area contributed by atoms with E-state index in [0.717, 1.165) is 28.3 Å². The van der Waals surface area contributed by atoms with E-state index in [1.54, 1.807) is 0 Å². The van der Waals surface area contributed by atoms with Crippen molar-refractivity contribution in [3.63, 3.8) is 0 Å². The number of hydrogen-bond donors (Lipinski definition) is 1. The molecular formula is C9H6F3N3O2S. The summed E-state index contributed by atoms with van der Waals surface area (Å²) in [6.07, 6.45) is -3.44. The van der Waals surface area contributed by atoms with Gasteiger partial charge in [0, 0.05) is 7.05 Å². The predicted molar refractivity (Wildman–Crippen MR) is 56.3 cm³/mol. The zero-order valence-corrected chi connectivity index (χ0v) is 9.71. The molecule has 2 aromatic heterocycles. The number of nitrogens with zero attached hydrogens (tertiary/aromatic N) is 3. The van der Waals surface area contributed by atoms with Crippen LogP contribution in [0, 0.1) is 0 Å². The van der Waals surface area contributed by atoms with Gasteiger partial charge < -0.3 is 5.11 Å². The van der Waals surface area contributed by atoms with Gasteiger partial charge >= 0.3 is 12.1 Å². The Kier molecular flexibility index (Phi) is 2.85. The Labute approximate surface area is 103 Å². The number of thiazole rings is 1. The van der Waals surface area contributed by atoms with Crippen LogP contribution in [0.5, 0.6) is 0 Å². The van der Waals surface area contributed by atoms with Crippen molar-refractivity contribution in [2.45, 2.75) is 6.18 Å². The number of rotatable bonds is 2. The Morgan fingerprint density at radius 3 is 2.61 bits per heavy atom. The number of aromatic carboxylic acids is 1. The van der Waals surface area contributed by atoms with E-state index in [9.17, 15) is 18.0 Å². The molecule has 0 aromatic carbocycles. The lowest BCUT2D eigenvalue weighted by Crippen LogP contribution is -2.06. The summed E-state index contributed by atoms with van der Waals surface area (Å²) in [4.78, 5) is 14.4. The van der Waals surface area contributed by atoms with E-state index in [4.69, 9.17) is 5.11 Å². The minimum Gasteiger partial charge on any atom is -0.477 e. The van der Waals surface area contributed by atoms with Gasteiger partial charge in [0.05, 0.1) is 11.9 Å². The zero-order chi connectivity index (χ0) is 13.5.